The number of nitrogens with one attached hydrogen (secondary N) is 2. The molecule has 0 atom stereocenters. The quantitative estimate of drug-likeness (QED) is 0.659. The van der Waals surface area contributed by atoms with Crippen molar-refractivity contribution >= 4 is 39.8 Å². The van der Waals surface area contributed by atoms with Crippen LogP contribution in [0, 0.1) is 0 Å². The van der Waals surface area contributed by atoms with Crippen molar-refractivity contribution in [2.45, 2.75) is 6.42 Å². The summed E-state index contributed by atoms with van der Waals surface area (Å²) in [6.45, 7) is 1.21. The number of hydrogen-bond acceptors (Lipinski definition) is 2. The molecule has 2 N–H and O–H groups in total. The number of rotatable bonds is 3. The lowest BCUT2D eigenvalue weighted by Crippen LogP contribution is -2.37. The number of nitrogens with zero attached hydrogens (tertiary/aromatic N) is 1. The number of aromatic nitrogens is 1. The largest absolute Gasteiger partial charge is 0.495 e. The van der Waals surface area contributed by atoms with Crippen molar-refractivity contribution in [2.75, 3.05) is 25.5 Å². The average Bonchev–Trinajstić information content (AvgIpc) is 3.12. The molecule has 2 heterocycles. The predicted molar refractivity (Wildman–Crippen MR) is 109 cm³/mol. The smallest absolute Gasteiger partial charge is 0.322 e. The van der Waals surface area contributed by atoms with E-state index in [0.29, 0.717) is 29.5 Å². The van der Waals surface area contributed by atoms with E-state index in [9.17, 15) is 4.79 Å². The molecule has 27 heavy (non-hydrogen) atoms. The van der Waals surface area contributed by atoms with Crippen molar-refractivity contribution in [3.63, 3.8) is 0 Å². The van der Waals surface area contributed by atoms with Gasteiger partial charge in [-0.2, -0.15) is 0 Å². The summed E-state index contributed by atoms with van der Waals surface area (Å²) < 4.78 is 5.29. The van der Waals surface area contributed by atoms with Crippen molar-refractivity contribution in [3.8, 4) is 5.75 Å². The first-order valence-corrected chi connectivity index (χ1v) is 9.18. The Labute approximate surface area is 162 Å². The molecular weight excluding hydrogens is 362 g/mol. The number of carbonyl (C=O) groups excluding carboxylic acids is 1. The van der Waals surface area contributed by atoms with Gasteiger partial charge in [0.05, 0.1) is 12.8 Å². The van der Waals surface area contributed by atoms with E-state index in [0.717, 1.165) is 11.9 Å². The third-order valence-electron chi connectivity index (χ3n) is 4.83. The van der Waals surface area contributed by atoms with E-state index in [1.807, 2.05) is 18.3 Å². The van der Waals surface area contributed by atoms with Crippen LogP contribution in [-0.2, 0) is 0 Å². The number of methoxy groups -OCH3 is 1. The number of amides is 2. The highest BCUT2D eigenvalue weighted by molar-refractivity contribution is 6.31. The fourth-order valence-corrected chi connectivity index (χ4v) is 3.58. The molecule has 4 rings (SSSR count). The Hall–Kier alpha value is -2.92. The number of carbonyl (C=O) groups is 1. The average molecular weight is 382 g/mol. The second-order valence-corrected chi connectivity index (χ2v) is 6.88. The van der Waals surface area contributed by atoms with E-state index < -0.39 is 0 Å². The van der Waals surface area contributed by atoms with Crippen LogP contribution in [0.15, 0.2) is 54.7 Å². The maximum Gasteiger partial charge on any atom is 0.322 e. The number of ether oxygens (including phenoxy) is 1. The third kappa shape index (κ3) is 3.51. The van der Waals surface area contributed by atoms with Crippen molar-refractivity contribution in [1.29, 1.82) is 0 Å². The summed E-state index contributed by atoms with van der Waals surface area (Å²) in [5.41, 5.74) is 4.17. The summed E-state index contributed by atoms with van der Waals surface area (Å²) in [6, 6.07) is 13.2. The Morgan fingerprint density at radius 3 is 2.89 bits per heavy atom. The molecule has 1 aliphatic rings. The van der Waals surface area contributed by atoms with Gasteiger partial charge >= 0.3 is 6.03 Å². The maximum absolute atomic E-state index is 12.6. The van der Waals surface area contributed by atoms with Crippen LogP contribution in [0.4, 0.5) is 10.5 Å². The second kappa shape index (κ2) is 7.37. The van der Waals surface area contributed by atoms with Gasteiger partial charge in [0, 0.05) is 40.8 Å². The molecule has 138 valence electrons. The fourth-order valence-electron chi connectivity index (χ4n) is 3.41. The number of aromatic amines is 1. The van der Waals surface area contributed by atoms with Crippen LogP contribution >= 0.6 is 11.6 Å². The molecule has 1 aliphatic heterocycles. The van der Waals surface area contributed by atoms with Gasteiger partial charge in [0.25, 0.3) is 0 Å². The van der Waals surface area contributed by atoms with E-state index in [-0.39, 0.29) is 6.03 Å². The van der Waals surface area contributed by atoms with Crippen LogP contribution in [0.5, 0.6) is 5.75 Å². The zero-order valence-electron chi connectivity index (χ0n) is 15.0. The van der Waals surface area contributed by atoms with Gasteiger partial charge in [0.15, 0.2) is 0 Å². The lowest BCUT2D eigenvalue weighted by molar-refractivity contribution is 0.217. The van der Waals surface area contributed by atoms with E-state index in [1.54, 1.807) is 30.2 Å². The number of hydrogen-bond donors (Lipinski definition) is 2. The summed E-state index contributed by atoms with van der Waals surface area (Å²) in [7, 11) is 1.57. The number of anilines is 1. The lowest BCUT2D eigenvalue weighted by Gasteiger charge is -2.27. The van der Waals surface area contributed by atoms with Gasteiger partial charge in [-0.3, -0.25) is 0 Å². The van der Waals surface area contributed by atoms with Gasteiger partial charge in [0.1, 0.15) is 5.75 Å². The highest BCUT2D eigenvalue weighted by Gasteiger charge is 2.20. The zero-order valence-corrected chi connectivity index (χ0v) is 15.7. The number of para-hydroxylation sites is 1. The summed E-state index contributed by atoms with van der Waals surface area (Å²) in [5, 5.41) is 4.65. The lowest BCUT2D eigenvalue weighted by atomic mass is 9.99. The van der Waals surface area contributed by atoms with Gasteiger partial charge in [-0.05, 0) is 36.3 Å². The molecule has 2 aromatic carbocycles. The maximum atomic E-state index is 12.6. The topological polar surface area (TPSA) is 57.4 Å². The van der Waals surface area contributed by atoms with Crippen molar-refractivity contribution < 1.29 is 9.53 Å². The van der Waals surface area contributed by atoms with E-state index >= 15 is 0 Å². The summed E-state index contributed by atoms with van der Waals surface area (Å²) in [6.07, 6.45) is 4.97. The van der Waals surface area contributed by atoms with Crippen LogP contribution in [0.3, 0.4) is 0 Å². The SMILES string of the molecule is COc1ccc(Cl)cc1NC(=O)N1CC=C(c2c[nH]c3ccccc23)CC1. The second-order valence-electron chi connectivity index (χ2n) is 6.45. The molecule has 5 nitrogen and oxygen atoms in total. The number of fused-ring (bicyclic) bond motifs is 1. The Bertz CT molecular complexity index is 1030. The number of benzene rings is 2. The molecule has 6 heteroatoms. The summed E-state index contributed by atoms with van der Waals surface area (Å²) >= 11 is 6.03. The first kappa shape index (κ1) is 17.5. The van der Waals surface area contributed by atoms with Crippen LogP contribution in [0.2, 0.25) is 5.02 Å². The van der Waals surface area contributed by atoms with E-state index in [1.165, 1.54) is 16.5 Å². The fraction of sp³-hybridized carbons (Fsp3) is 0.190. The molecule has 0 fully saturated rings. The molecule has 0 saturated carbocycles. The van der Waals surface area contributed by atoms with Crippen LogP contribution < -0.4 is 10.1 Å². The normalized spacial score (nSPS) is 14.1. The van der Waals surface area contributed by atoms with E-state index in [4.69, 9.17) is 16.3 Å². The van der Waals surface area contributed by atoms with Gasteiger partial charge in [-0.1, -0.05) is 35.9 Å². The summed E-state index contributed by atoms with van der Waals surface area (Å²) in [4.78, 5) is 17.7. The highest BCUT2D eigenvalue weighted by atomic mass is 35.5. The molecule has 0 bridgehead atoms. The monoisotopic (exact) mass is 381 g/mol. The first-order chi connectivity index (χ1) is 13.2. The van der Waals surface area contributed by atoms with Crippen molar-refractivity contribution in [1.82, 2.24) is 9.88 Å². The van der Waals surface area contributed by atoms with Gasteiger partial charge in [0.2, 0.25) is 0 Å². The van der Waals surface area contributed by atoms with Crippen molar-refractivity contribution in [3.05, 3.63) is 65.3 Å². The van der Waals surface area contributed by atoms with E-state index in [2.05, 4.69) is 28.5 Å². The molecule has 3 aromatic rings. The van der Waals surface area contributed by atoms with Crippen molar-refractivity contribution in [2.24, 2.45) is 0 Å². The Kier molecular flexibility index (Phi) is 4.77. The molecule has 0 aliphatic carbocycles. The Morgan fingerprint density at radius 2 is 2.11 bits per heavy atom. The Morgan fingerprint density at radius 1 is 1.26 bits per heavy atom. The number of H-pyrrole nitrogens is 1. The van der Waals surface area contributed by atoms with Gasteiger partial charge in [-0.25, -0.2) is 4.79 Å². The molecule has 0 radical (unpaired) electrons. The standard InChI is InChI=1S/C21H20ClN3O2/c1-27-20-7-6-15(22)12-19(20)24-21(26)25-10-8-14(9-11-25)17-13-23-18-5-3-2-4-16(17)18/h2-8,12-13,23H,9-11H2,1H3,(H,24,26). The third-order valence-corrected chi connectivity index (χ3v) is 5.07. The minimum Gasteiger partial charge on any atom is -0.495 e. The zero-order chi connectivity index (χ0) is 18.8. The Balaban J connectivity index is 1.48. The summed E-state index contributed by atoms with van der Waals surface area (Å²) in [5.74, 6) is 0.583. The van der Waals surface area contributed by atoms with Gasteiger partial charge < -0.3 is 19.9 Å². The first-order valence-electron chi connectivity index (χ1n) is 8.80. The van der Waals surface area contributed by atoms with Crippen LogP contribution in [0.25, 0.3) is 16.5 Å². The molecule has 0 spiro atoms. The molecule has 0 saturated heterocycles. The molecule has 1 aromatic heterocycles. The van der Waals surface area contributed by atoms with Gasteiger partial charge in [-0.15, -0.1) is 0 Å². The molecule has 0 unspecified atom stereocenters. The number of halogens is 1. The number of urea groups is 1. The van der Waals surface area contributed by atoms with Crippen LogP contribution in [0.1, 0.15) is 12.0 Å². The highest BCUT2D eigenvalue weighted by Crippen LogP contribution is 2.30. The molecule has 2 amide bonds. The molecular formula is C21H20ClN3O2. The minimum absolute atomic E-state index is 0.162. The predicted octanol–water partition coefficient (Wildman–Crippen LogP) is 5.15. The minimum atomic E-state index is -0.162. The van der Waals surface area contributed by atoms with Crippen LogP contribution in [-0.4, -0.2) is 36.1 Å².